The minimum Gasteiger partial charge on any atom is -0.493 e. The Morgan fingerprint density at radius 3 is 2.36 bits per heavy atom. The van der Waals surface area contributed by atoms with Gasteiger partial charge in [0.1, 0.15) is 5.82 Å². The third kappa shape index (κ3) is 3.88. The van der Waals surface area contributed by atoms with E-state index in [0.717, 1.165) is 29.0 Å². The van der Waals surface area contributed by atoms with E-state index in [-0.39, 0.29) is 12.3 Å². The molecule has 7 nitrogen and oxygen atoms in total. The van der Waals surface area contributed by atoms with Crippen LogP contribution >= 0.6 is 0 Å². The van der Waals surface area contributed by atoms with Gasteiger partial charge in [-0.3, -0.25) is 4.79 Å². The molecule has 0 radical (unpaired) electrons. The van der Waals surface area contributed by atoms with Crippen molar-refractivity contribution in [2.45, 2.75) is 26.4 Å². The van der Waals surface area contributed by atoms with Gasteiger partial charge in [-0.2, -0.15) is 0 Å². The van der Waals surface area contributed by atoms with Crippen molar-refractivity contribution in [3.8, 4) is 17.2 Å². The van der Waals surface area contributed by atoms with Crippen molar-refractivity contribution in [2.24, 2.45) is 0 Å². The summed E-state index contributed by atoms with van der Waals surface area (Å²) in [6, 6.07) is 11.5. The van der Waals surface area contributed by atoms with Crippen LogP contribution in [0.5, 0.6) is 17.2 Å². The Morgan fingerprint density at radius 1 is 1.07 bits per heavy atom. The lowest BCUT2D eigenvalue weighted by atomic mass is 10.1. The van der Waals surface area contributed by atoms with Gasteiger partial charge >= 0.3 is 0 Å². The number of fused-ring (bicyclic) bond motifs is 1. The molecule has 0 aliphatic carbocycles. The van der Waals surface area contributed by atoms with Crippen molar-refractivity contribution < 1.29 is 19.0 Å². The van der Waals surface area contributed by atoms with Crippen molar-refractivity contribution in [2.75, 3.05) is 21.3 Å². The molecule has 1 N–H and O–H groups in total. The molecule has 2 aromatic carbocycles. The number of carbonyl (C=O) groups excluding carboxylic acids is 1. The molecule has 0 saturated carbocycles. The number of aryl methyl sites for hydroxylation is 1. The highest BCUT2D eigenvalue weighted by atomic mass is 16.5. The summed E-state index contributed by atoms with van der Waals surface area (Å²) in [6.45, 7) is 3.22. The molecule has 1 aromatic heterocycles. The number of ether oxygens (including phenoxy) is 3. The first-order chi connectivity index (χ1) is 13.6. The van der Waals surface area contributed by atoms with Crippen LogP contribution in [0.3, 0.4) is 0 Å². The van der Waals surface area contributed by atoms with Crippen molar-refractivity contribution in [1.82, 2.24) is 14.9 Å². The molecule has 0 aliphatic rings. The molecule has 1 amide bonds. The van der Waals surface area contributed by atoms with Gasteiger partial charge in [0, 0.05) is 6.54 Å². The molecule has 0 spiro atoms. The van der Waals surface area contributed by atoms with Gasteiger partial charge < -0.3 is 24.1 Å². The molecule has 0 atom stereocenters. The van der Waals surface area contributed by atoms with Gasteiger partial charge in [0.25, 0.3) is 0 Å². The van der Waals surface area contributed by atoms with Crippen molar-refractivity contribution >= 4 is 16.9 Å². The van der Waals surface area contributed by atoms with Gasteiger partial charge in [0.2, 0.25) is 11.7 Å². The van der Waals surface area contributed by atoms with Gasteiger partial charge in [-0.1, -0.05) is 12.1 Å². The Balaban J connectivity index is 1.73. The zero-order valence-corrected chi connectivity index (χ0v) is 16.6. The Kier molecular flexibility index (Phi) is 6.03. The molecule has 0 aliphatic heterocycles. The SMILES string of the molecule is CCn1c(CNC(=O)Cc2cc(OC)c(OC)c(OC)c2)nc2ccccc21. The second-order valence-corrected chi connectivity index (χ2v) is 6.25. The molecule has 0 bridgehead atoms. The van der Waals surface area contributed by atoms with E-state index in [1.807, 2.05) is 24.3 Å². The summed E-state index contributed by atoms with van der Waals surface area (Å²) in [4.78, 5) is 17.1. The van der Waals surface area contributed by atoms with Gasteiger partial charge in [0.15, 0.2) is 11.5 Å². The van der Waals surface area contributed by atoms with Gasteiger partial charge in [-0.15, -0.1) is 0 Å². The number of methoxy groups -OCH3 is 3. The minimum absolute atomic E-state index is 0.107. The predicted octanol–water partition coefficient (Wildman–Crippen LogP) is 2.94. The Morgan fingerprint density at radius 2 is 1.75 bits per heavy atom. The third-order valence-electron chi connectivity index (χ3n) is 4.58. The van der Waals surface area contributed by atoms with E-state index in [1.165, 1.54) is 0 Å². The highest BCUT2D eigenvalue weighted by Gasteiger charge is 2.15. The van der Waals surface area contributed by atoms with E-state index in [4.69, 9.17) is 14.2 Å². The van der Waals surface area contributed by atoms with E-state index in [0.29, 0.717) is 23.8 Å². The van der Waals surface area contributed by atoms with E-state index in [2.05, 4.69) is 21.8 Å². The maximum absolute atomic E-state index is 12.5. The van der Waals surface area contributed by atoms with Crippen LogP contribution in [-0.2, 0) is 24.3 Å². The summed E-state index contributed by atoms with van der Waals surface area (Å²) in [5, 5.41) is 2.95. The molecule has 28 heavy (non-hydrogen) atoms. The Hall–Kier alpha value is -3.22. The van der Waals surface area contributed by atoms with Crippen LogP contribution in [0.25, 0.3) is 11.0 Å². The number of carbonyl (C=O) groups is 1. The number of amides is 1. The highest BCUT2D eigenvalue weighted by Crippen LogP contribution is 2.38. The summed E-state index contributed by atoms with van der Waals surface area (Å²) < 4.78 is 18.1. The van der Waals surface area contributed by atoms with Crippen LogP contribution in [0.15, 0.2) is 36.4 Å². The van der Waals surface area contributed by atoms with E-state index >= 15 is 0 Å². The topological polar surface area (TPSA) is 74.6 Å². The number of hydrogen-bond acceptors (Lipinski definition) is 5. The van der Waals surface area contributed by atoms with Gasteiger partial charge in [-0.05, 0) is 36.8 Å². The van der Waals surface area contributed by atoms with Crippen LogP contribution in [0, 0.1) is 0 Å². The van der Waals surface area contributed by atoms with Gasteiger partial charge in [-0.25, -0.2) is 4.98 Å². The number of nitrogens with one attached hydrogen (secondary N) is 1. The lowest BCUT2D eigenvalue weighted by molar-refractivity contribution is -0.120. The summed E-state index contributed by atoms with van der Waals surface area (Å²) in [7, 11) is 4.65. The van der Waals surface area contributed by atoms with Crippen LogP contribution in [0.2, 0.25) is 0 Å². The summed E-state index contributed by atoms with van der Waals surface area (Å²) >= 11 is 0. The smallest absolute Gasteiger partial charge is 0.224 e. The van der Waals surface area contributed by atoms with E-state index < -0.39 is 0 Å². The lowest BCUT2D eigenvalue weighted by Crippen LogP contribution is -2.26. The maximum atomic E-state index is 12.5. The zero-order valence-electron chi connectivity index (χ0n) is 16.6. The van der Waals surface area contributed by atoms with Crippen molar-refractivity contribution in [3.05, 3.63) is 47.8 Å². The number of aromatic nitrogens is 2. The van der Waals surface area contributed by atoms with E-state index in [9.17, 15) is 4.79 Å². The normalized spacial score (nSPS) is 10.7. The minimum atomic E-state index is -0.107. The molecule has 3 rings (SSSR count). The van der Waals surface area contributed by atoms with Crippen LogP contribution < -0.4 is 19.5 Å². The molecule has 3 aromatic rings. The second-order valence-electron chi connectivity index (χ2n) is 6.25. The first-order valence-corrected chi connectivity index (χ1v) is 9.11. The molecular formula is C21H25N3O4. The number of imidazole rings is 1. The molecular weight excluding hydrogens is 358 g/mol. The predicted molar refractivity (Wildman–Crippen MR) is 107 cm³/mol. The zero-order chi connectivity index (χ0) is 20.1. The Bertz CT molecular complexity index is 956. The Labute approximate surface area is 164 Å². The average molecular weight is 383 g/mol. The van der Waals surface area contributed by atoms with Crippen LogP contribution in [-0.4, -0.2) is 36.8 Å². The van der Waals surface area contributed by atoms with Crippen LogP contribution in [0.4, 0.5) is 0 Å². The van der Waals surface area contributed by atoms with Crippen LogP contribution in [0.1, 0.15) is 18.3 Å². The quantitative estimate of drug-likeness (QED) is 0.647. The number of hydrogen-bond donors (Lipinski definition) is 1. The number of rotatable bonds is 8. The third-order valence-corrected chi connectivity index (χ3v) is 4.58. The fourth-order valence-corrected chi connectivity index (χ4v) is 3.28. The van der Waals surface area contributed by atoms with E-state index in [1.54, 1.807) is 33.5 Å². The lowest BCUT2D eigenvalue weighted by Gasteiger charge is -2.14. The number of benzene rings is 2. The molecule has 7 heteroatoms. The summed E-state index contributed by atoms with van der Waals surface area (Å²) in [5.74, 6) is 2.28. The average Bonchev–Trinajstić information content (AvgIpc) is 3.08. The fraction of sp³-hybridized carbons (Fsp3) is 0.333. The largest absolute Gasteiger partial charge is 0.493 e. The first kappa shape index (κ1) is 19.5. The molecule has 1 heterocycles. The second kappa shape index (κ2) is 8.65. The first-order valence-electron chi connectivity index (χ1n) is 9.11. The summed E-state index contributed by atoms with van der Waals surface area (Å²) in [5.41, 5.74) is 2.77. The summed E-state index contributed by atoms with van der Waals surface area (Å²) in [6.07, 6.45) is 0.197. The highest BCUT2D eigenvalue weighted by molar-refractivity contribution is 5.79. The molecule has 0 unspecified atom stereocenters. The standard InChI is InChI=1S/C21H25N3O4/c1-5-24-16-9-7-6-8-15(16)23-19(24)13-22-20(25)12-14-10-17(26-2)21(28-4)18(11-14)27-3/h6-11H,5,12-13H2,1-4H3,(H,22,25). The molecule has 0 saturated heterocycles. The monoisotopic (exact) mass is 383 g/mol. The molecule has 148 valence electrons. The van der Waals surface area contributed by atoms with Crippen molar-refractivity contribution in [3.63, 3.8) is 0 Å². The fourth-order valence-electron chi connectivity index (χ4n) is 3.28. The number of para-hydroxylation sites is 2. The number of nitrogens with zero attached hydrogens (tertiary/aromatic N) is 2. The van der Waals surface area contributed by atoms with Crippen molar-refractivity contribution in [1.29, 1.82) is 0 Å². The maximum Gasteiger partial charge on any atom is 0.224 e. The molecule has 0 fully saturated rings. The van der Waals surface area contributed by atoms with Gasteiger partial charge in [0.05, 0.1) is 45.3 Å².